The van der Waals surface area contributed by atoms with Crippen LogP contribution in [0.2, 0.25) is 0 Å². The van der Waals surface area contributed by atoms with E-state index in [4.69, 9.17) is 21.4 Å². The summed E-state index contributed by atoms with van der Waals surface area (Å²) >= 11 is 5.28. The minimum Gasteiger partial charge on any atom is -0.465 e. The number of thiocarbonyl (C=S) groups is 1. The van der Waals surface area contributed by atoms with Crippen molar-refractivity contribution in [2.45, 2.75) is 13.8 Å². The Morgan fingerprint density at radius 1 is 1.06 bits per heavy atom. The van der Waals surface area contributed by atoms with Gasteiger partial charge >= 0.3 is 5.97 Å². The zero-order valence-electron chi connectivity index (χ0n) is 18.2. The number of furan rings is 1. The number of anilines is 1. The van der Waals surface area contributed by atoms with E-state index in [2.05, 4.69) is 5.32 Å². The molecule has 0 aliphatic carbocycles. The van der Waals surface area contributed by atoms with Gasteiger partial charge in [-0.25, -0.2) is 4.79 Å². The summed E-state index contributed by atoms with van der Waals surface area (Å²) in [7, 11) is 1.32. The smallest absolute Gasteiger partial charge is 0.337 e. The number of methoxy groups -OCH3 is 1. The summed E-state index contributed by atoms with van der Waals surface area (Å²) in [5.41, 5.74) is 3.55. The quantitative estimate of drug-likeness (QED) is 0.272. The lowest BCUT2D eigenvalue weighted by Gasteiger charge is -2.30. The molecule has 2 amide bonds. The van der Waals surface area contributed by atoms with Crippen LogP contribution >= 0.6 is 12.2 Å². The average molecular weight is 461 g/mol. The second kappa shape index (κ2) is 8.84. The van der Waals surface area contributed by atoms with Crippen LogP contribution in [0.4, 0.5) is 5.69 Å². The molecule has 4 rings (SSSR count). The summed E-state index contributed by atoms with van der Waals surface area (Å²) in [6, 6.07) is 15.6. The second-order valence-electron chi connectivity index (χ2n) is 7.45. The SMILES string of the molecule is COC(=O)c1ccc(-c2ccc(C=C3C(=O)NC(=S)N(c4cccc(C)c4C)C3=O)o2)cc1. The van der Waals surface area contributed by atoms with Gasteiger partial charge in [-0.3, -0.25) is 19.8 Å². The first-order valence-corrected chi connectivity index (χ1v) is 10.5. The normalized spacial score (nSPS) is 15.1. The lowest BCUT2D eigenvalue weighted by molar-refractivity contribution is -0.122. The van der Waals surface area contributed by atoms with Crippen LogP contribution in [0.3, 0.4) is 0 Å². The topological polar surface area (TPSA) is 88.9 Å². The summed E-state index contributed by atoms with van der Waals surface area (Å²) < 4.78 is 10.5. The lowest BCUT2D eigenvalue weighted by atomic mass is 10.0. The molecule has 1 aliphatic heterocycles. The first-order valence-electron chi connectivity index (χ1n) is 10.1. The van der Waals surface area contributed by atoms with E-state index in [9.17, 15) is 14.4 Å². The number of nitrogens with one attached hydrogen (secondary N) is 1. The first kappa shape index (κ1) is 22.2. The molecule has 7 nitrogen and oxygen atoms in total. The molecular weight excluding hydrogens is 440 g/mol. The minimum absolute atomic E-state index is 0.0293. The largest absolute Gasteiger partial charge is 0.465 e. The Balaban J connectivity index is 1.65. The Kier molecular flexibility index (Phi) is 5.93. The number of ether oxygens (including phenoxy) is 1. The number of hydrogen-bond acceptors (Lipinski definition) is 6. The van der Waals surface area contributed by atoms with E-state index < -0.39 is 17.8 Å². The van der Waals surface area contributed by atoms with Gasteiger partial charge in [0.25, 0.3) is 11.8 Å². The fraction of sp³-hybridized carbons (Fsp3) is 0.120. The molecule has 3 aromatic rings. The van der Waals surface area contributed by atoms with E-state index in [0.717, 1.165) is 16.7 Å². The highest BCUT2D eigenvalue weighted by molar-refractivity contribution is 7.80. The van der Waals surface area contributed by atoms with E-state index in [-0.39, 0.29) is 10.7 Å². The van der Waals surface area contributed by atoms with Crippen molar-refractivity contribution < 1.29 is 23.5 Å². The zero-order chi connectivity index (χ0) is 23.7. The molecule has 8 heteroatoms. The number of nitrogens with zero attached hydrogens (tertiary/aromatic N) is 1. The van der Waals surface area contributed by atoms with Crippen molar-refractivity contribution in [2.24, 2.45) is 0 Å². The van der Waals surface area contributed by atoms with E-state index >= 15 is 0 Å². The van der Waals surface area contributed by atoms with Crippen LogP contribution in [0, 0.1) is 13.8 Å². The number of esters is 1. The molecule has 0 spiro atoms. The van der Waals surface area contributed by atoms with Crippen LogP contribution in [0.5, 0.6) is 0 Å². The maximum absolute atomic E-state index is 13.2. The predicted octanol–water partition coefficient (Wildman–Crippen LogP) is 4.18. The number of rotatable bonds is 4. The summed E-state index contributed by atoms with van der Waals surface area (Å²) in [6.07, 6.45) is 1.39. The molecule has 0 bridgehead atoms. The lowest BCUT2D eigenvalue weighted by Crippen LogP contribution is -2.54. The highest BCUT2D eigenvalue weighted by Crippen LogP contribution is 2.28. The zero-order valence-corrected chi connectivity index (χ0v) is 19.0. The molecule has 1 N–H and O–H groups in total. The Labute approximate surface area is 195 Å². The Morgan fingerprint density at radius 2 is 1.79 bits per heavy atom. The Hall–Kier alpha value is -4.04. The van der Waals surface area contributed by atoms with E-state index in [1.54, 1.807) is 42.5 Å². The number of benzene rings is 2. The van der Waals surface area contributed by atoms with Crippen molar-refractivity contribution in [3.05, 3.63) is 82.6 Å². The number of carbonyl (C=O) groups excluding carboxylic acids is 3. The van der Waals surface area contributed by atoms with Crippen molar-refractivity contribution in [2.75, 3.05) is 12.0 Å². The van der Waals surface area contributed by atoms with Crippen LogP contribution in [-0.2, 0) is 14.3 Å². The molecule has 0 radical (unpaired) electrons. The van der Waals surface area contributed by atoms with Gasteiger partial charge in [-0.1, -0.05) is 24.3 Å². The molecule has 33 heavy (non-hydrogen) atoms. The van der Waals surface area contributed by atoms with E-state index in [0.29, 0.717) is 22.8 Å². The van der Waals surface area contributed by atoms with Gasteiger partial charge in [-0.05, 0) is 73.6 Å². The molecule has 0 unspecified atom stereocenters. The average Bonchev–Trinajstić information content (AvgIpc) is 3.27. The fourth-order valence-corrected chi connectivity index (χ4v) is 3.74. The molecule has 1 aromatic heterocycles. The van der Waals surface area contributed by atoms with Gasteiger partial charge in [0.1, 0.15) is 17.1 Å². The molecule has 0 atom stereocenters. The van der Waals surface area contributed by atoms with Crippen LogP contribution in [0.25, 0.3) is 17.4 Å². The number of aryl methyl sites for hydroxylation is 1. The maximum atomic E-state index is 13.2. The predicted molar refractivity (Wildman–Crippen MR) is 128 cm³/mol. The highest BCUT2D eigenvalue weighted by atomic mass is 32.1. The molecule has 1 fully saturated rings. The number of carbonyl (C=O) groups is 3. The summed E-state index contributed by atoms with van der Waals surface area (Å²) in [6.45, 7) is 3.83. The second-order valence-corrected chi connectivity index (χ2v) is 7.83. The van der Waals surface area contributed by atoms with Gasteiger partial charge in [0.15, 0.2) is 5.11 Å². The number of hydrogen-bond donors (Lipinski definition) is 1. The van der Waals surface area contributed by atoms with Crippen LogP contribution in [-0.4, -0.2) is 30.0 Å². The third-order valence-electron chi connectivity index (χ3n) is 5.42. The highest BCUT2D eigenvalue weighted by Gasteiger charge is 2.35. The Bertz CT molecular complexity index is 1320. The van der Waals surface area contributed by atoms with Gasteiger partial charge in [0.05, 0.1) is 18.4 Å². The summed E-state index contributed by atoms with van der Waals surface area (Å²) in [4.78, 5) is 38.7. The van der Waals surface area contributed by atoms with Crippen molar-refractivity contribution >= 4 is 46.9 Å². The van der Waals surface area contributed by atoms with Gasteiger partial charge < -0.3 is 9.15 Å². The van der Waals surface area contributed by atoms with Gasteiger partial charge in [-0.2, -0.15) is 0 Å². The molecule has 1 saturated heterocycles. The minimum atomic E-state index is -0.591. The molecule has 2 aromatic carbocycles. The summed E-state index contributed by atoms with van der Waals surface area (Å²) in [5, 5.41) is 2.61. The van der Waals surface area contributed by atoms with Gasteiger partial charge in [-0.15, -0.1) is 0 Å². The maximum Gasteiger partial charge on any atom is 0.337 e. The summed E-state index contributed by atoms with van der Waals surface area (Å²) in [5.74, 6) is -0.706. The molecule has 0 saturated carbocycles. The third-order valence-corrected chi connectivity index (χ3v) is 5.71. The van der Waals surface area contributed by atoms with Crippen molar-refractivity contribution in [1.29, 1.82) is 0 Å². The standard InChI is InChI=1S/C25H20N2O5S/c1-14-5-4-6-20(15(14)2)27-23(29)19(22(28)26-25(27)33)13-18-11-12-21(32-18)16-7-9-17(10-8-16)24(30)31-3/h4-13H,1-3H3,(H,26,28,33). The molecule has 1 aliphatic rings. The fourth-order valence-electron chi connectivity index (χ4n) is 3.47. The molecule has 2 heterocycles. The third kappa shape index (κ3) is 4.20. The monoisotopic (exact) mass is 460 g/mol. The van der Waals surface area contributed by atoms with Crippen molar-refractivity contribution in [3.8, 4) is 11.3 Å². The number of amides is 2. The Morgan fingerprint density at radius 3 is 2.48 bits per heavy atom. The van der Waals surface area contributed by atoms with Crippen LogP contribution in [0.15, 0.2) is 64.6 Å². The van der Waals surface area contributed by atoms with Crippen LogP contribution in [0.1, 0.15) is 27.2 Å². The van der Waals surface area contributed by atoms with Crippen LogP contribution < -0.4 is 10.2 Å². The first-order chi connectivity index (χ1) is 15.8. The van der Waals surface area contributed by atoms with E-state index in [1.807, 2.05) is 26.0 Å². The molecule has 166 valence electrons. The van der Waals surface area contributed by atoms with Gasteiger partial charge in [0.2, 0.25) is 0 Å². The van der Waals surface area contributed by atoms with E-state index in [1.165, 1.54) is 18.1 Å². The van der Waals surface area contributed by atoms with Gasteiger partial charge in [0, 0.05) is 5.56 Å². The molecular formula is C25H20N2O5S. The van der Waals surface area contributed by atoms with Crippen molar-refractivity contribution in [3.63, 3.8) is 0 Å². The van der Waals surface area contributed by atoms with Crippen molar-refractivity contribution in [1.82, 2.24) is 5.32 Å².